The zero-order chi connectivity index (χ0) is 9.73. The summed E-state index contributed by atoms with van der Waals surface area (Å²) in [5.74, 6) is -0.0562. The van der Waals surface area contributed by atoms with Gasteiger partial charge in [-0.15, -0.1) is 0 Å². The molecule has 0 N–H and O–H groups in total. The summed E-state index contributed by atoms with van der Waals surface area (Å²) in [7, 11) is 0. The highest BCUT2D eigenvalue weighted by Gasteiger charge is 2.35. The van der Waals surface area contributed by atoms with Crippen LogP contribution in [0.5, 0.6) is 0 Å². The molecular formula is C9H14O4. The molecule has 1 heterocycles. The van der Waals surface area contributed by atoms with Crippen molar-refractivity contribution in [3.63, 3.8) is 0 Å². The van der Waals surface area contributed by atoms with Gasteiger partial charge in [0.05, 0.1) is 19.8 Å². The fraction of sp³-hybridized carbons (Fsp3) is 0.778. The summed E-state index contributed by atoms with van der Waals surface area (Å²) in [5.41, 5.74) is -0.832. The molecule has 1 unspecified atom stereocenters. The van der Waals surface area contributed by atoms with Crippen molar-refractivity contribution >= 4 is 12.1 Å². The summed E-state index contributed by atoms with van der Waals surface area (Å²) in [6.07, 6.45) is 1.24. The van der Waals surface area contributed by atoms with Gasteiger partial charge in [-0.25, -0.2) is 0 Å². The van der Waals surface area contributed by atoms with Crippen LogP contribution in [0.25, 0.3) is 0 Å². The molecule has 1 saturated heterocycles. The van der Waals surface area contributed by atoms with Crippen LogP contribution in [0.4, 0.5) is 0 Å². The Balaban J connectivity index is 2.46. The third-order valence-electron chi connectivity index (χ3n) is 2.10. The van der Waals surface area contributed by atoms with E-state index < -0.39 is 5.60 Å². The van der Waals surface area contributed by atoms with Gasteiger partial charge in [-0.1, -0.05) is 0 Å². The summed E-state index contributed by atoms with van der Waals surface area (Å²) in [4.78, 5) is 21.6. The number of aldehydes is 1. The maximum absolute atomic E-state index is 11.5. The molecule has 0 spiro atoms. The van der Waals surface area contributed by atoms with Crippen molar-refractivity contribution in [1.29, 1.82) is 0 Å². The first-order valence-corrected chi connectivity index (χ1v) is 4.38. The summed E-state index contributed by atoms with van der Waals surface area (Å²) in [5, 5.41) is 0. The first-order valence-electron chi connectivity index (χ1n) is 4.38. The molecule has 4 nitrogen and oxygen atoms in total. The Hall–Kier alpha value is -0.740. The Morgan fingerprint density at radius 1 is 1.54 bits per heavy atom. The van der Waals surface area contributed by atoms with Crippen LogP contribution in [0.2, 0.25) is 0 Å². The van der Waals surface area contributed by atoms with Gasteiger partial charge < -0.3 is 14.3 Å². The molecule has 1 rings (SSSR count). The average Bonchev–Trinajstić information content (AvgIpc) is 2.15. The second kappa shape index (κ2) is 4.48. The zero-order valence-electron chi connectivity index (χ0n) is 7.75. The third kappa shape index (κ3) is 2.60. The number of ketones is 1. The smallest absolute Gasteiger partial charge is 0.167 e. The number of rotatable bonds is 4. The molecule has 0 amide bonds. The van der Waals surface area contributed by atoms with E-state index in [1.54, 1.807) is 6.92 Å². The van der Waals surface area contributed by atoms with Gasteiger partial charge >= 0.3 is 0 Å². The van der Waals surface area contributed by atoms with Gasteiger partial charge in [0.2, 0.25) is 0 Å². The number of carbonyl (C=O) groups excluding carboxylic acids is 2. The normalized spacial score (nSPS) is 28.4. The second-order valence-electron chi connectivity index (χ2n) is 3.26. The number of ether oxygens (including phenoxy) is 2. The third-order valence-corrected chi connectivity index (χ3v) is 2.10. The molecular weight excluding hydrogens is 172 g/mol. The molecule has 0 aromatic carbocycles. The predicted octanol–water partition coefficient (Wildman–Crippen LogP) is 0.340. The van der Waals surface area contributed by atoms with Crippen molar-refractivity contribution in [3.05, 3.63) is 0 Å². The average molecular weight is 186 g/mol. The zero-order valence-corrected chi connectivity index (χ0v) is 7.75. The molecule has 1 atom stereocenters. The summed E-state index contributed by atoms with van der Waals surface area (Å²) in [6.45, 7) is 2.99. The lowest BCUT2D eigenvalue weighted by atomic mass is 9.97. The highest BCUT2D eigenvalue weighted by Crippen LogP contribution is 2.18. The van der Waals surface area contributed by atoms with E-state index >= 15 is 0 Å². The fourth-order valence-corrected chi connectivity index (χ4v) is 1.25. The molecule has 0 bridgehead atoms. The molecule has 0 aromatic rings. The van der Waals surface area contributed by atoms with Gasteiger partial charge in [-0.05, 0) is 6.92 Å². The van der Waals surface area contributed by atoms with Crippen LogP contribution in [0.15, 0.2) is 0 Å². The van der Waals surface area contributed by atoms with Crippen LogP contribution < -0.4 is 0 Å². The standard InChI is InChI=1S/C9H14O4/c1-9(7-12-5-6-13-9)8(11)3-2-4-10/h4H,2-3,5-7H2,1H3. The van der Waals surface area contributed by atoms with Gasteiger partial charge in [-0.2, -0.15) is 0 Å². The molecule has 1 aliphatic heterocycles. The Labute approximate surface area is 77.2 Å². The van der Waals surface area contributed by atoms with Crippen molar-refractivity contribution in [2.24, 2.45) is 0 Å². The molecule has 0 aromatic heterocycles. The topological polar surface area (TPSA) is 52.6 Å². The molecule has 74 valence electrons. The minimum absolute atomic E-state index is 0.0562. The molecule has 1 fully saturated rings. The van der Waals surface area contributed by atoms with E-state index in [1.165, 1.54) is 0 Å². The molecule has 1 aliphatic rings. The molecule has 4 heteroatoms. The van der Waals surface area contributed by atoms with E-state index in [0.29, 0.717) is 19.8 Å². The first-order chi connectivity index (χ1) is 6.19. The largest absolute Gasteiger partial charge is 0.376 e. The van der Waals surface area contributed by atoms with Gasteiger partial charge in [0.1, 0.15) is 11.9 Å². The Morgan fingerprint density at radius 2 is 2.31 bits per heavy atom. The number of Topliss-reactive ketones (excluding diaryl/α,β-unsaturated/α-hetero) is 1. The molecule has 0 aliphatic carbocycles. The van der Waals surface area contributed by atoms with Gasteiger partial charge in [0.15, 0.2) is 5.78 Å². The van der Waals surface area contributed by atoms with Crippen molar-refractivity contribution in [1.82, 2.24) is 0 Å². The van der Waals surface area contributed by atoms with E-state index in [4.69, 9.17) is 9.47 Å². The lowest BCUT2D eigenvalue weighted by Crippen LogP contribution is -2.47. The fourth-order valence-electron chi connectivity index (χ4n) is 1.25. The minimum atomic E-state index is -0.832. The molecule has 13 heavy (non-hydrogen) atoms. The first kappa shape index (κ1) is 10.3. The highest BCUT2D eigenvalue weighted by atomic mass is 16.6. The summed E-state index contributed by atoms with van der Waals surface area (Å²) >= 11 is 0. The van der Waals surface area contributed by atoms with Crippen LogP contribution in [-0.4, -0.2) is 37.5 Å². The van der Waals surface area contributed by atoms with Crippen LogP contribution in [0.1, 0.15) is 19.8 Å². The second-order valence-corrected chi connectivity index (χ2v) is 3.26. The lowest BCUT2D eigenvalue weighted by Gasteiger charge is -2.32. The molecule has 0 radical (unpaired) electrons. The van der Waals surface area contributed by atoms with Crippen molar-refractivity contribution in [3.8, 4) is 0 Å². The van der Waals surface area contributed by atoms with Crippen LogP contribution in [-0.2, 0) is 19.1 Å². The van der Waals surface area contributed by atoms with E-state index in [-0.39, 0.29) is 18.6 Å². The van der Waals surface area contributed by atoms with Crippen LogP contribution in [0, 0.1) is 0 Å². The number of hydrogen-bond acceptors (Lipinski definition) is 4. The van der Waals surface area contributed by atoms with Gasteiger partial charge in [0.25, 0.3) is 0 Å². The number of carbonyl (C=O) groups is 2. The maximum Gasteiger partial charge on any atom is 0.167 e. The van der Waals surface area contributed by atoms with Crippen molar-refractivity contribution in [2.45, 2.75) is 25.4 Å². The Kier molecular flexibility index (Phi) is 3.57. The van der Waals surface area contributed by atoms with E-state index in [2.05, 4.69) is 0 Å². The highest BCUT2D eigenvalue weighted by molar-refractivity contribution is 5.88. The van der Waals surface area contributed by atoms with E-state index in [0.717, 1.165) is 6.29 Å². The van der Waals surface area contributed by atoms with E-state index in [9.17, 15) is 9.59 Å². The quantitative estimate of drug-likeness (QED) is 0.594. The number of hydrogen-bond donors (Lipinski definition) is 0. The summed E-state index contributed by atoms with van der Waals surface area (Å²) in [6, 6.07) is 0. The van der Waals surface area contributed by atoms with E-state index in [1.807, 2.05) is 0 Å². The monoisotopic (exact) mass is 186 g/mol. The maximum atomic E-state index is 11.5. The Morgan fingerprint density at radius 3 is 2.85 bits per heavy atom. The van der Waals surface area contributed by atoms with Crippen LogP contribution in [0.3, 0.4) is 0 Å². The molecule has 0 saturated carbocycles. The SMILES string of the molecule is CC1(C(=O)CCC=O)COCCO1. The van der Waals surface area contributed by atoms with Crippen molar-refractivity contribution in [2.75, 3.05) is 19.8 Å². The lowest BCUT2D eigenvalue weighted by molar-refractivity contribution is -0.171. The van der Waals surface area contributed by atoms with Crippen LogP contribution >= 0.6 is 0 Å². The minimum Gasteiger partial charge on any atom is -0.376 e. The van der Waals surface area contributed by atoms with Crippen molar-refractivity contribution < 1.29 is 19.1 Å². The van der Waals surface area contributed by atoms with Gasteiger partial charge in [-0.3, -0.25) is 4.79 Å². The predicted molar refractivity (Wildman–Crippen MR) is 45.5 cm³/mol. The Bertz CT molecular complexity index is 194. The van der Waals surface area contributed by atoms with Gasteiger partial charge in [0, 0.05) is 12.8 Å². The summed E-state index contributed by atoms with van der Waals surface area (Å²) < 4.78 is 10.5.